The monoisotopic (exact) mass is 380 g/mol. The van der Waals surface area contributed by atoms with Crippen LogP contribution < -0.4 is 5.32 Å². The van der Waals surface area contributed by atoms with Crippen molar-refractivity contribution in [1.29, 1.82) is 0 Å². The van der Waals surface area contributed by atoms with E-state index in [2.05, 4.69) is 43.5 Å². The Morgan fingerprint density at radius 2 is 2.28 bits per heavy atom. The highest BCUT2D eigenvalue weighted by molar-refractivity contribution is 7.16. The molecule has 0 aromatic carbocycles. The normalized spacial score (nSPS) is 11.6. The summed E-state index contributed by atoms with van der Waals surface area (Å²) in [5, 5.41) is 11.5. The molecule has 2 aromatic heterocycles. The number of hydrogen-bond donors (Lipinski definition) is 1. The van der Waals surface area contributed by atoms with Crippen molar-refractivity contribution in [1.82, 2.24) is 25.0 Å². The van der Waals surface area contributed by atoms with Crippen molar-refractivity contribution >= 4 is 28.9 Å². The van der Waals surface area contributed by atoms with E-state index in [-0.39, 0.29) is 0 Å². The standard InChI is InChI=1S/C17H25ClN6S/c1-5-16-22-21-12-24(16)9-8-19-17(20-10-13(2)3)23(4)11-14-6-7-15(18)25-14/h6-7,12H,2,5,8-11H2,1,3-4H3,(H,19,20). The highest BCUT2D eigenvalue weighted by Gasteiger charge is 2.09. The van der Waals surface area contributed by atoms with Crippen LogP contribution in [0.2, 0.25) is 4.34 Å². The second kappa shape index (κ2) is 9.58. The van der Waals surface area contributed by atoms with Gasteiger partial charge in [0.25, 0.3) is 0 Å². The van der Waals surface area contributed by atoms with Gasteiger partial charge in [-0.3, -0.25) is 0 Å². The number of halogens is 1. The molecule has 0 bridgehead atoms. The molecule has 1 N–H and O–H groups in total. The quantitative estimate of drug-likeness (QED) is 0.434. The van der Waals surface area contributed by atoms with Crippen LogP contribution in [-0.2, 0) is 19.5 Å². The van der Waals surface area contributed by atoms with Gasteiger partial charge in [0.15, 0.2) is 5.96 Å². The van der Waals surface area contributed by atoms with Gasteiger partial charge >= 0.3 is 0 Å². The predicted octanol–water partition coefficient (Wildman–Crippen LogP) is 3.21. The van der Waals surface area contributed by atoms with E-state index >= 15 is 0 Å². The molecule has 6 nitrogen and oxygen atoms in total. The van der Waals surface area contributed by atoms with E-state index in [9.17, 15) is 0 Å². The fourth-order valence-corrected chi connectivity index (χ4v) is 3.44. The van der Waals surface area contributed by atoms with E-state index in [1.807, 2.05) is 26.1 Å². The highest BCUT2D eigenvalue weighted by atomic mass is 35.5. The van der Waals surface area contributed by atoms with Gasteiger partial charge in [-0.15, -0.1) is 21.5 Å². The number of nitrogens with zero attached hydrogens (tertiary/aromatic N) is 5. The minimum atomic E-state index is 0.602. The summed E-state index contributed by atoms with van der Waals surface area (Å²) in [5.74, 6) is 1.84. The largest absolute Gasteiger partial charge is 0.354 e. The molecular weight excluding hydrogens is 356 g/mol. The van der Waals surface area contributed by atoms with Gasteiger partial charge in [0, 0.05) is 31.4 Å². The summed E-state index contributed by atoms with van der Waals surface area (Å²) in [4.78, 5) is 7.94. The molecule has 136 valence electrons. The van der Waals surface area contributed by atoms with Gasteiger partial charge in [0.1, 0.15) is 12.2 Å². The summed E-state index contributed by atoms with van der Waals surface area (Å²) in [6.07, 6.45) is 2.64. The highest BCUT2D eigenvalue weighted by Crippen LogP contribution is 2.22. The summed E-state index contributed by atoms with van der Waals surface area (Å²) in [7, 11) is 2.02. The van der Waals surface area contributed by atoms with Gasteiger partial charge in [-0.2, -0.15) is 0 Å². The van der Waals surface area contributed by atoms with Crippen molar-refractivity contribution in [2.75, 3.05) is 20.1 Å². The molecule has 0 fully saturated rings. The summed E-state index contributed by atoms with van der Waals surface area (Å²) in [5.41, 5.74) is 1.03. The summed E-state index contributed by atoms with van der Waals surface area (Å²) < 4.78 is 2.86. The third-order valence-electron chi connectivity index (χ3n) is 3.53. The number of nitrogens with one attached hydrogen (secondary N) is 1. The zero-order valence-electron chi connectivity index (χ0n) is 15.0. The zero-order valence-corrected chi connectivity index (χ0v) is 16.6. The Hall–Kier alpha value is -1.86. The summed E-state index contributed by atoms with van der Waals surface area (Å²) >= 11 is 7.61. The third kappa shape index (κ3) is 6.17. The molecule has 0 radical (unpaired) electrons. The fraction of sp³-hybridized carbons (Fsp3) is 0.471. The molecule has 0 spiro atoms. The van der Waals surface area contributed by atoms with Crippen molar-refractivity contribution in [3.63, 3.8) is 0 Å². The Kier molecular flexibility index (Phi) is 7.46. The number of hydrogen-bond acceptors (Lipinski definition) is 4. The Morgan fingerprint density at radius 3 is 2.92 bits per heavy atom. The van der Waals surface area contributed by atoms with Gasteiger partial charge in [0.2, 0.25) is 0 Å². The molecule has 25 heavy (non-hydrogen) atoms. The van der Waals surface area contributed by atoms with E-state index in [0.717, 1.165) is 47.7 Å². The van der Waals surface area contributed by atoms with Gasteiger partial charge in [-0.1, -0.05) is 30.7 Å². The van der Waals surface area contributed by atoms with Crippen LogP contribution in [-0.4, -0.2) is 45.8 Å². The smallest absolute Gasteiger partial charge is 0.194 e. The topological polar surface area (TPSA) is 58.3 Å². The molecule has 8 heteroatoms. The van der Waals surface area contributed by atoms with Crippen LogP contribution in [0.1, 0.15) is 24.5 Å². The van der Waals surface area contributed by atoms with Crippen LogP contribution in [0, 0.1) is 0 Å². The number of guanidine groups is 1. The average Bonchev–Trinajstić information content (AvgIpc) is 3.18. The van der Waals surface area contributed by atoms with Gasteiger partial charge in [-0.25, -0.2) is 4.99 Å². The first kappa shape index (κ1) is 19.5. The van der Waals surface area contributed by atoms with E-state index < -0.39 is 0 Å². The second-order valence-electron chi connectivity index (χ2n) is 5.88. The minimum Gasteiger partial charge on any atom is -0.354 e. The van der Waals surface area contributed by atoms with Crippen molar-refractivity contribution in [2.24, 2.45) is 4.99 Å². The van der Waals surface area contributed by atoms with Gasteiger partial charge < -0.3 is 14.8 Å². The lowest BCUT2D eigenvalue weighted by atomic mass is 10.3. The van der Waals surface area contributed by atoms with E-state index in [0.29, 0.717) is 6.54 Å². The molecule has 0 amide bonds. The van der Waals surface area contributed by atoms with Gasteiger partial charge in [0.05, 0.1) is 17.4 Å². The predicted molar refractivity (Wildman–Crippen MR) is 105 cm³/mol. The first-order chi connectivity index (χ1) is 12.0. The maximum atomic E-state index is 6.02. The number of aryl methyl sites for hydroxylation is 1. The van der Waals surface area contributed by atoms with Crippen molar-refractivity contribution < 1.29 is 0 Å². The second-order valence-corrected chi connectivity index (χ2v) is 7.68. The Bertz CT molecular complexity index is 720. The number of rotatable bonds is 8. The van der Waals surface area contributed by atoms with Crippen LogP contribution in [0.5, 0.6) is 0 Å². The lowest BCUT2D eigenvalue weighted by Crippen LogP contribution is -2.40. The van der Waals surface area contributed by atoms with Crippen molar-refractivity contribution in [3.05, 3.63) is 45.6 Å². The third-order valence-corrected chi connectivity index (χ3v) is 4.75. The van der Waals surface area contributed by atoms with E-state index in [1.165, 1.54) is 4.88 Å². The molecule has 0 aliphatic heterocycles. The average molecular weight is 381 g/mol. The Balaban J connectivity index is 1.97. The first-order valence-electron chi connectivity index (χ1n) is 8.24. The molecule has 0 saturated heterocycles. The summed E-state index contributed by atoms with van der Waals surface area (Å²) in [6.45, 7) is 10.9. The maximum Gasteiger partial charge on any atom is 0.194 e. The molecule has 0 aliphatic carbocycles. The molecule has 0 unspecified atom stereocenters. The van der Waals surface area contributed by atoms with Crippen LogP contribution >= 0.6 is 22.9 Å². The van der Waals surface area contributed by atoms with E-state index in [1.54, 1.807) is 17.7 Å². The van der Waals surface area contributed by atoms with Crippen LogP contribution in [0.4, 0.5) is 0 Å². The minimum absolute atomic E-state index is 0.602. The zero-order chi connectivity index (χ0) is 18.2. The molecule has 2 rings (SSSR count). The lowest BCUT2D eigenvalue weighted by Gasteiger charge is -2.22. The molecule has 0 saturated carbocycles. The Labute approximate surface area is 158 Å². The lowest BCUT2D eigenvalue weighted by molar-refractivity contribution is 0.475. The van der Waals surface area contributed by atoms with Gasteiger partial charge in [-0.05, 0) is 19.1 Å². The maximum absolute atomic E-state index is 6.02. The Morgan fingerprint density at radius 1 is 1.48 bits per heavy atom. The number of thiophene rings is 1. The van der Waals surface area contributed by atoms with Crippen LogP contribution in [0.15, 0.2) is 35.6 Å². The molecule has 2 aromatic rings. The number of aromatic nitrogens is 3. The number of aliphatic imine (C=N–C) groups is 1. The molecule has 0 aliphatic rings. The van der Waals surface area contributed by atoms with Crippen LogP contribution in [0.3, 0.4) is 0 Å². The first-order valence-corrected chi connectivity index (χ1v) is 9.43. The SMILES string of the molecule is C=C(C)CN=C(NCCn1cnnc1CC)N(C)Cc1ccc(Cl)s1. The summed E-state index contributed by atoms with van der Waals surface area (Å²) in [6, 6.07) is 3.97. The van der Waals surface area contributed by atoms with Crippen molar-refractivity contribution in [2.45, 2.75) is 33.4 Å². The molecule has 2 heterocycles. The van der Waals surface area contributed by atoms with Crippen LogP contribution in [0.25, 0.3) is 0 Å². The fourth-order valence-electron chi connectivity index (χ4n) is 2.29. The van der Waals surface area contributed by atoms with E-state index in [4.69, 9.17) is 11.6 Å². The molecular formula is C17H25ClN6S. The molecule has 0 atom stereocenters. The van der Waals surface area contributed by atoms with Crippen molar-refractivity contribution in [3.8, 4) is 0 Å².